The second-order valence-corrected chi connectivity index (χ2v) is 19.9. The molecule has 1 atom stereocenters. The molecule has 5 heterocycles. The minimum atomic E-state index is -0.554. The summed E-state index contributed by atoms with van der Waals surface area (Å²) in [5.74, 6) is 1.38. The number of amidine groups is 2. The Bertz CT molecular complexity index is 4430. The van der Waals surface area contributed by atoms with E-state index in [-0.39, 0.29) is 0 Å². The van der Waals surface area contributed by atoms with Gasteiger partial charge in [-0.1, -0.05) is 178 Å². The lowest BCUT2D eigenvalue weighted by Crippen LogP contribution is -2.34. The van der Waals surface area contributed by atoms with E-state index < -0.39 is 6.17 Å². The summed E-state index contributed by atoms with van der Waals surface area (Å²) in [5.41, 5.74) is 18.3. The average Bonchev–Trinajstić information content (AvgIpc) is 4.23. The monoisotopic (exact) mass is 1010 g/mol. The molecule has 0 radical (unpaired) electrons. The third-order valence-electron chi connectivity index (χ3n) is 15.4. The van der Waals surface area contributed by atoms with Gasteiger partial charge in [-0.3, -0.25) is 0 Å². The van der Waals surface area contributed by atoms with Crippen LogP contribution in [0.1, 0.15) is 59.9 Å². The van der Waals surface area contributed by atoms with E-state index in [0.29, 0.717) is 5.84 Å². The zero-order chi connectivity index (χ0) is 52.3. The zero-order valence-electron chi connectivity index (χ0n) is 43.6. The number of hydrogen-bond acceptors (Lipinski definition) is 4. The summed E-state index contributed by atoms with van der Waals surface area (Å²) in [6, 6.07) is 76.5. The van der Waals surface area contributed by atoms with Crippen molar-refractivity contribution in [1.29, 1.82) is 0 Å². The maximum Gasteiger partial charge on any atom is 0.159 e. The molecule has 1 unspecified atom stereocenters. The predicted octanol–water partition coefficient (Wildman–Crippen LogP) is 17.5. The summed E-state index contributed by atoms with van der Waals surface area (Å²) in [6.45, 7) is 8.49. The highest BCUT2D eigenvalue weighted by Gasteiger charge is 2.27. The molecule has 3 aliphatic rings. The van der Waals surface area contributed by atoms with Crippen LogP contribution in [0.5, 0.6) is 0 Å². The molecule has 1 aliphatic carbocycles. The number of anilines is 2. The Balaban J connectivity index is 0.00000273. The molecule has 7 nitrogen and oxygen atoms in total. The number of aryl methyl sites for hydroxylation is 1. The first-order valence-corrected chi connectivity index (χ1v) is 27.1. The lowest BCUT2D eigenvalue weighted by Gasteiger charge is -2.29. The normalized spacial score (nSPS) is 15.7. The summed E-state index contributed by atoms with van der Waals surface area (Å²) in [4.78, 5) is 13.4. The quantitative estimate of drug-likeness (QED) is 0.173. The number of aliphatic imine (C=N–C) groups is 2. The van der Waals surface area contributed by atoms with Crippen LogP contribution in [0, 0.1) is 0 Å². The summed E-state index contributed by atoms with van der Waals surface area (Å²) in [7, 11) is 0. The van der Waals surface area contributed by atoms with Crippen molar-refractivity contribution in [3.63, 3.8) is 0 Å². The Labute approximate surface area is 453 Å². The van der Waals surface area contributed by atoms with Gasteiger partial charge in [0.1, 0.15) is 12.0 Å². The van der Waals surface area contributed by atoms with Gasteiger partial charge in [0, 0.05) is 83.8 Å². The van der Waals surface area contributed by atoms with E-state index >= 15 is 0 Å². The molecule has 3 aromatic heterocycles. The number of rotatable bonds is 7. The molecular formula is C71H55N7. The van der Waals surface area contributed by atoms with Gasteiger partial charge >= 0.3 is 0 Å². The van der Waals surface area contributed by atoms with Gasteiger partial charge in [0.05, 0.1) is 33.3 Å². The van der Waals surface area contributed by atoms with Crippen LogP contribution in [0.4, 0.5) is 11.4 Å². The first-order chi connectivity index (χ1) is 38.6. The first kappa shape index (κ1) is 46.5. The van der Waals surface area contributed by atoms with Crippen molar-refractivity contribution in [2.24, 2.45) is 9.98 Å². The number of aromatic nitrogens is 3. The molecule has 0 amide bonds. The topological polar surface area (TPSA) is 54.8 Å². The Kier molecular flexibility index (Phi) is 11.5. The van der Waals surface area contributed by atoms with Gasteiger partial charge in [-0.25, -0.2) is 9.98 Å². The summed E-state index contributed by atoms with van der Waals surface area (Å²) >= 11 is 0. The number of benzene rings is 9. The molecule has 2 aliphatic heterocycles. The number of hydrogen-bond donors (Lipinski definition) is 1. The van der Waals surface area contributed by atoms with E-state index in [4.69, 9.17) is 9.98 Å². The second kappa shape index (κ2) is 19.3. The van der Waals surface area contributed by atoms with Crippen molar-refractivity contribution in [3.8, 4) is 17.1 Å². The van der Waals surface area contributed by atoms with Crippen molar-refractivity contribution in [1.82, 2.24) is 19.0 Å². The maximum absolute atomic E-state index is 5.57. The lowest BCUT2D eigenvalue weighted by atomic mass is 10.0. The molecule has 0 saturated carbocycles. The van der Waals surface area contributed by atoms with Gasteiger partial charge in [-0.15, -0.1) is 0 Å². The van der Waals surface area contributed by atoms with Crippen LogP contribution in [0.2, 0.25) is 0 Å². The molecule has 0 bridgehead atoms. The third-order valence-corrected chi connectivity index (χ3v) is 15.4. The van der Waals surface area contributed by atoms with Crippen molar-refractivity contribution in [3.05, 3.63) is 283 Å². The van der Waals surface area contributed by atoms with Crippen molar-refractivity contribution in [2.75, 3.05) is 4.90 Å². The zero-order valence-corrected chi connectivity index (χ0v) is 43.6. The fourth-order valence-electron chi connectivity index (χ4n) is 12.0. The molecule has 9 aromatic carbocycles. The lowest BCUT2D eigenvalue weighted by molar-refractivity contribution is 0.673. The molecule has 1 N–H and O–H groups in total. The van der Waals surface area contributed by atoms with E-state index in [2.05, 4.69) is 273 Å². The molecular weight excluding hydrogens is 951 g/mol. The van der Waals surface area contributed by atoms with E-state index in [1.807, 2.05) is 19.9 Å². The number of fused-ring (bicyclic) bond motifs is 10. The highest BCUT2D eigenvalue weighted by Crippen LogP contribution is 2.41. The van der Waals surface area contributed by atoms with Crippen molar-refractivity contribution >= 4 is 89.2 Å². The molecule has 0 fully saturated rings. The molecule has 7 heteroatoms. The summed E-state index contributed by atoms with van der Waals surface area (Å²) in [5, 5.41) is 10.1. The number of para-hydroxylation sites is 6. The molecule has 15 rings (SSSR count). The van der Waals surface area contributed by atoms with Crippen LogP contribution in [0.15, 0.2) is 259 Å². The highest BCUT2D eigenvalue weighted by molar-refractivity contribution is 6.14. The van der Waals surface area contributed by atoms with Gasteiger partial charge in [0.2, 0.25) is 0 Å². The third kappa shape index (κ3) is 7.73. The van der Waals surface area contributed by atoms with Crippen LogP contribution >= 0.6 is 0 Å². The highest BCUT2D eigenvalue weighted by atomic mass is 15.2. The predicted molar refractivity (Wildman–Crippen MR) is 328 cm³/mol. The minimum Gasteiger partial charge on any atom is -0.344 e. The Morgan fingerprint density at radius 1 is 0.487 bits per heavy atom. The van der Waals surface area contributed by atoms with Gasteiger partial charge in [0.15, 0.2) is 5.84 Å². The standard InChI is InChI=1S/C69H49N7.C2H6/c1-45-21-19-20-38-73(60-31-12-5-24-53(45)60)49-39-47(40-50(43-49)74-61-32-13-6-25-54(61)55-26-7-14-33-62(55)74)68-70-67(46-22-3-2-4-23-46)71-69(72-68)48-41-51(75-63-34-15-8-27-56(63)57-28-9-16-35-64(57)75)44-52(42-48)76-65-36-17-10-29-58(65)59-30-11-18-37-66(59)76;1-2/h2-10,12-29,31-44,68H,1,11,30H2,(H,70,71,72);1-2H3/b21-19-,38-20-;. The van der Waals surface area contributed by atoms with E-state index in [1.54, 1.807) is 0 Å². The van der Waals surface area contributed by atoms with Crippen LogP contribution in [0.25, 0.3) is 83.2 Å². The fraction of sp³-hybridized carbons (Fsp3) is 0.0704. The molecule has 0 saturated heterocycles. The number of nitrogens with zero attached hydrogens (tertiary/aromatic N) is 6. The Hall–Kier alpha value is -9.98. The Morgan fingerprint density at radius 2 is 1.00 bits per heavy atom. The van der Waals surface area contributed by atoms with Crippen molar-refractivity contribution < 1.29 is 0 Å². The number of nitrogens with one attached hydrogen (secondary N) is 1. The summed E-state index contributed by atoms with van der Waals surface area (Å²) < 4.78 is 7.26. The van der Waals surface area contributed by atoms with Crippen LogP contribution < -0.4 is 10.2 Å². The fourth-order valence-corrected chi connectivity index (χ4v) is 12.0. The Morgan fingerprint density at radius 3 is 1.64 bits per heavy atom. The largest absolute Gasteiger partial charge is 0.344 e. The van der Waals surface area contributed by atoms with E-state index in [1.165, 1.54) is 43.7 Å². The van der Waals surface area contributed by atoms with Gasteiger partial charge < -0.3 is 23.9 Å². The maximum atomic E-state index is 5.57. The molecule has 78 heavy (non-hydrogen) atoms. The van der Waals surface area contributed by atoms with E-state index in [9.17, 15) is 0 Å². The summed E-state index contributed by atoms with van der Waals surface area (Å²) in [6.07, 6.45) is 14.5. The smallest absolute Gasteiger partial charge is 0.159 e. The molecule has 12 aromatic rings. The second-order valence-electron chi connectivity index (χ2n) is 19.9. The van der Waals surface area contributed by atoms with Gasteiger partial charge in [-0.05, 0) is 109 Å². The molecule has 374 valence electrons. The average molecular weight is 1010 g/mol. The minimum absolute atomic E-state index is 0.554. The SMILES string of the molecule is C=C1/C=C\C=C/N(c2cc(C3N=C(c4ccccc4)N=C(c4cc(-n5c6c(c7ccccc75)CCC=C6)cc(-n5c6ccccc6c6ccccc65)c4)N3)cc(-n3c4ccccc4c4ccccc43)c2)c2ccccc21.CC. The molecule has 0 spiro atoms. The van der Waals surface area contributed by atoms with Gasteiger partial charge in [-0.2, -0.15) is 0 Å². The van der Waals surface area contributed by atoms with E-state index in [0.717, 1.165) is 97.0 Å². The van der Waals surface area contributed by atoms with Crippen LogP contribution in [-0.2, 0) is 6.42 Å². The van der Waals surface area contributed by atoms with Crippen LogP contribution in [-0.4, -0.2) is 25.4 Å². The van der Waals surface area contributed by atoms with Crippen LogP contribution in [0.3, 0.4) is 0 Å². The first-order valence-electron chi connectivity index (χ1n) is 27.1. The van der Waals surface area contributed by atoms with Gasteiger partial charge in [0.25, 0.3) is 0 Å². The van der Waals surface area contributed by atoms with Crippen molar-refractivity contribution in [2.45, 2.75) is 32.9 Å². The number of allylic oxidation sites excluding steroid dienone is 5.